The van der Waals surface area contributed by atoms with Gasteiger partial charge in [0.2, 0.25) is 25.9 Å². The Hall–Kier alpha value is -10.6. The molecule has 22 nitrogen and oxygen atoms in total. The van der Waals surface area contributed by atoms with Crippen LogP contribution in [0.2, 0.25) is 0 Å². The van der Waals surface area contributed by atoms with Crippen LogP contribution in [0.4, 0.5) is 20.2 Å². The lowest BCUT2D eigenvalue weighted by Gasteiger charge is -2.23. The molecule has 26 heteroatoms. The van der Waals surface area contributed by atoms with Gasteiger partial charge in [-0.25, -0.2) is 40.6 Å². The largest absolute Gasteiger partial charge is 0.480 e. The summed E-state index contributed by atoms with van der Waals surface area (Å²) in [5.74, 6) is -0.523. The molecule has 8 aromatic heterocycles. The Morgan fingerprint density at radius 3 is 1.79 bits per heavy atom. The number of aryl methyl sites for hydroxylation is 2. The number of rotatable bonds is 14. The van der Waals surface area contributed by atoms with Gasteiger partial charge in [0.25, 0.3) is 11.8 Å². The summed E-state index contributed by atoms with van der Waals surface area (Å²) in [6, 6.07) is 28.0. The minimum Gasteiger partial charge on any atom is -0.480 e. The molecule has 2 aliphatic heterocycles. The quantitative estimate of drug-likeness (QED) is 0.103. The van der Waals surface area contributed by atoms with Crippen LogP contribution >= 0.6 is 0 Å². The molecule has 0 radical (unpaired) electrons. The van der Waals surface area contributed by atoms with Gasteiger partial charge in [0, 0.05) is 91.9 Å². The fraction of sp³-hybridized carbons (Fsp3) is 0.175. The molecule has 0 aliphatic carbocycles. The average Bonchev–Trinajstić information content (AvgIpc) is 1.84. The second-order valence-corrected chi connectivity index (χ2v) is 25.5. The highest BCUT2D eigenvalue weighted by molar-refractivity contribution is 7.92. The van der Waals surface area contributed by atoms with Gasteiger partial charge in [0.05, 0.1) is 93.3 Å². The topological polar surface area (TPSA) is 253 Å². The summed E-state index contributed by atoms with van der Waals surface area (Å²) in [6.45, 7) is 0.398. The first-order chi connectivity index (χ1) is 42.7. The molecular weight excluding hydrogens is 1190 g/mol. The second-order valence-electron chi connectivity index (χ2n) is 21.5. The van der Waals surface area contributed by atoms with Crippen LogP contribution in [-0.4, -0.2) is 110 Å². The van der Waals surface area contributed by atoms with Crippen molar-refractivity contribution in [2.45, 2.75) is 26.4 Å². The van der Waals surface area contributed by atoms with Crippen LogP contribution in [0.5, 0.6) is 17.4 Å². The zero-order chi connectivity index (χ0) is 62.1. The summed E-state index contributed by atoms with van der Waals surface area (Å²) in [4.78, 5) is 42.1. The summed E-state index contributed by atoms with van der Waals surface area (Å²) in [7, 11) is -0.540. The summed E-state index contributed by atoms with van der Waals surface area (Å²) >= 11 is 0. The van der Waals surface area contributed by atoms with Crippen molar-refractivity contribution in [3.63, 3.8) is 0 Å². The first-order valence-electron chi connectivity index (χ1n) is 27.6. The van der Waals surface area contributed by atoms with E-state index in [1.165, 1.54) is 65.9 Å². The van der Waals surface area contributed by atoms with E-state index in [0.29, 0.717) is 112 Å². The summed E-state index contributed by atoms with van der Waals surface area (Å²) in [5.41, 5.74) is 6.92. The Balaban J connectivity index is 0.793. The molecule has 0 atom stereocenters. The van der Waals surface area contributed by atoms with E-state index >= 15 is 8.78 Å². The number of ether oxygens (including phenoxy) is 3. The zero-order valence-electron chi connectivity index (χ0n) is 48.5. The molecule has 450 valence electrons. The third kappa shape index (κ3) is 9.23. The highest BCUT2D eigenvalue weighted by Gasteiger charge is 2.32. The number of halogens is 2. The Morgan fingerprint density at radius 2 is 1.21 bits per heavy atom. The number of methoxy groups -OCH3 is 1. The maximum absolute atomic E-state index is 16.5. The normalized spacial score (nSPS) is 12.8. The standard InChI is InChI=1S/C63H51F2N11O11S2/c1-66-61(77)55-39-22-37(43-13-15-51-57(70-43)49-24-35-41(64)11-8-12-45(35)75(49)30-84-51)46(72(3)88(6,79)80)26-53(39)86-59(55)33-28-69-74(29-33)19-17-32-20-42(65)36-25-50-58-52(85-31-76(50)48(36)21-32)16-14-44(71-58)38-23-40-54(27-47(38)73(4)89(7,81)82)87-60(56(40)62(78)67-2)34-10-9-18-68-63(34)83-5/h8-16,18,20-29H,17,19,30-31H2,1-7H3,(H,66,77)(H,67,78). The average molecular weight is 1240 g/mol. The lowest BCUT2D eigenvalue weighted by atomic mass is 10.0. The van der Waals surface area contributed by atoms with Crippen molar-refractivity contribution in [3.05, 3.63) is 150 Å². The van der Waals surface area contributed by atoms with Crippen molar-refractivity contribution in [1.29, 1.82) is 0 Å². The molecule has 2 aliphatic rings. The number of nitrogens with one attached hydrogen (secondary N) is 2. The van der Waals surface area contributed by atoms with Gasteiger partial charge in [-0.3, -0.25) is 22.9 Å². The minimum absolute atomic E-state index is 0.0173. The number of pyridine rings is 3. The van der Waals surface area contributed by atoms with Gasteiger partial charge in [0.15, 0.2) is 25.0 Å². The molecule has 2 N–H and O–H groups in total. The first kappa shape index (κ1) is 56.2. The number of nitrogens with zero attached hydrogens (tertiary/aromatic N) is 9. The van der Waals surface area contributed by atoms with Crippen molar-refractivity contribution in [2.75, 3.05) is 56.4 Å². The van der Waals surface area contributed by atoms with E-state index in [0.717, 1.165) is 21.1 Å². The highest BCUT2D eigenvalue weighted by atomic mass is 32.2. The SMILES string of the molecule is CNC(=O)c1c(-c2cnn(CCc3cc(F)c4cc5n(c4c3)COc3ccc(-c4cc6c(C(=O)NC)c(-c7cccnc7OC)oc6cc4N(C)S(C)(=O)=O)nc3-5)c2)oc2cc(N(C)S(C)(=O)=O)c(-c3ccc4c(n3)-c3cc5c(F)cccc5n3CO4)cc12. The fourth-order valence-electron chi connectivity index (χ4n) is 11.7. The molecular formula is C63H51F2N11O11S2. The molecule has 0 saturated heterocycles. The Kier molecular flexibility index (Phi) is 13.1. The van der Waals surface area contributed by atoms with Gasteiger partial charge in [0.1, 0.15) is 45.7 Å². The first-order valence-corrected chi connectivity index (χ1v) is 31.3. The van der Waals surface area contributed by atoms with E-state index in [4.69, 9.17) is 33.0 Å². The molecule has 10 heterocycles. The Morgan fingerprint density at radius 1 is 0.652 bits per heavy atom. The van der Waals surface area contributed by atoms with E-state index in [-0.39, 0.29) is 71.1 Å². The Bertz CT molecular complexity index is 5260. The highest BCUT2D eigenvalue weighted by Crippen LogP contribution is 2.47. The van der Waals surface area contributed by atoms with Crippen LogP contribution in [0.15, 0.2) is 131 Å². The van der Waals surface area contributed by atoms with Crippen LogP contribution in [0, 0.1) is 11.6 Å². The molecule has 14 rings (SSSR count). The number of hydrogen-bond acceptors (Lipinski definition) is 15. The predicted octanol–water partition coefficient (Wildman–Crippen LogP) is 10.2. The molecule has 12 aromatic rings. The van der Waals surface area contributed by atoms with Gasteiger partial charge in [-0.1, -0.05) is 6.07 Å². The number of sulfonamides is 2. The molecule has 0 fully saturated rings. The number of carbonyl (C=O) groups is 2. The number of aromatic nitrogens is 7. The summed E-state index contributed by atoms with van der Waals surface area (Å²) in [5, 5.41) is 11.4. The van der Waals surface area contributed by atoms with Crippen molar-refractivity contribution in [1.82, 2.24) is 44.5 Å². The third-order valence-electron chi connectivity index (χ3n) is 16.3. The van der Waals surface area contributed by atoms with Crippen molar-refractivity contribution < 1.29 is 58.3 Å². The van der Waals surface area contributed by atoms with Crippen LogP contribution in [0.1, 0.15) is 26.3 Å². The van der Waals surface area contributed by atoms with Gasteiger partial charge in [-0.05, 0) is 96.9 Å². The molecule has 0 bridgehead atoms. The predicted molar refractivity (Wildman–Crippen MR) is 330 cm³/mol. The fourth-order valence-corrected chi connectivity index (χ4v) is 12.7. The number of benzene rings is 4. The lowest BCUT2D eigenvalue weighted by molar-refractivity contribution is 0.0956. The number of carbonyl (C=O) groups excluding carboxylic acids is 2. The van der Waals surface area contributed by atoms with E-state index in [1.54, 1.807) is 94.3 Å². The molecule has 0 spiro atoms. The molecule has 0 unspecified atom stereocenters. The second kappa shape index (κ2) is 20.8. The maximum atomic E-state index is 16.5. The van der Waals surface area contributed by atoms with Gasteiger partial charge < -0.3 is 42.8 Å². The minimum atomic E-state index is -3.88. The molecule has 0 saturated carbocycles. The Labute approximate surface area is 505 Å². The number of hydrogen-bond donors (Lipinski definition) is 2. The molecule has 4 aromatic carbocycles. The number of anilines is 2. The van der Waals surface area contributed by atoms with E-state index in [2.05, 4.69) is 20.7 Å². The maximum Gasteiger partial charge on any atom is 0.255 e. The van der Waals surface area contributed by atoms with Crippen LogP contribution in [0.25, 0.3) is 112 Å². The number of amides is 2. The third-order valence-corrected chi connectivity index (χ3v) is 18.7. The lowest BCUT2D eigenvalue weighted by Crippen LogP contribution is -2.25. The monoisotopic (exact) mass is 1240 g/mol. The van der Waals surface area contributed by atoms with Crippen LogP contribution < -0.4 is 33.5 Å². The van der Waals surface area contributed by atoms with Gasteiger partial charge in [-0.2, -0.15) is 5.10 Å². The summed E-state index contributed by atoms with van der Waals surface area (Å²) < 4.78 is 123. The van der Waals surface area contributed by atoms with Crippen LogP contribution in [-0.2, 0) is 46.5 Å². The van der Waals surface area contributed by atoms with Crippen molar-refractivity contribution in [2.24, 2.45) is 0 Å². The summed E-state index contributed by atoms with van der Waals surface area (Å²) in [6.07, 6.45) is 7.21. The zero-order valence-corrected chi connectivity index (χ0v) is 50.1. The number of furan rings is 2. The van der Waals surface area contributed by atoms with Crippen LogP contribution in [0.3, 0.4) is 0 Å². The molecule has 89 heavy (non-hydrogen) atoms. The van der Waals surface area contributed by atoms with Gasteiger partial charge in [-0.15, -0.1) is 0 Å². The van der Waals surface area contributed by atoms with Crippen molar-refractivity contribution >= 4 is 87.0 Å². The van der Waals surface area contributed by atoms with Gasteiger partial charge >= 0.3 is 0 Å². The molecule has 2 amide bonds. The van der Waals surface area contributed by atoms with E-state index < -0.39 is 43.5 Å². The van der Waals surface area contributed by atoms with E-state index in [1.807, 2.05) is 10.6 Å². The smallest absolute Gasteiger partial charge is 0.255 e. The van der Waals surface area contributed by atoms with E-state index in [9.17, 15) is 26.4 Å². The van der Waals surface area contributed by atoms with Crippen molar-refractivity contribution in [3.8, 4) is 85.3 Å². The number of fused-ring (bicyclic) bond motifs is 12.